The van der Waals surface area contributed by atoms with Crippen molar-refractivity contribution in [2.45, 2.75) is 71.1 Å². The van der Waals surface area contributed by atoms with Gasteiger partial charge in [0.15, 0.2) is 0 Å². The zero-order chi connectivity index (χ0) is 24.9. The number of ether oxygens (including phenoxy) is 1. The average molecular weight is 491 g/mol. The summed E-state index contributed by atoms with van der Waals surface area (Å²) < 4.78 is 4.63. The van der Waals surface area contributed by atoms with E-state index in [0.29, 0.717) is 0 Å². The van der Waals surface area contributed by atoms with E-state index in [1.165, 1.54) is 73.5 Å². The molecule has 2 aromatic carbocycles. The number of carbonyl (C=O) groups excluding carboxylic acids is 1. The van der Waals surface area contributed by atoms with E-state index >= 15 is 0 Å². The first-order valence-corrected chi connectivity index (χ1v) is 13.1. The van der Waals surface area contributed by atoms with Gasteiger partial charge in [0.25, 0.3) is 6.47 Å². The van der Waals surface area contributed by atoms with Crippen LogP contribution in [0.3, 0.4) is 0 Å². The third kappa shape index (κ3) is 8.01. The molecule has 1 aliphatic heterocycles. The first kappa shape index (κ1) is 26.6. The fraction of sp³-hybridized carbons (Fsp3) is 0.400. The molecule has 0 amide bonds. The summed E-state index contributed by atoms with van der Waals surface area (Å²) >= 11 is 6.41. The van der Waals surface area contributed by atoms with E-state index in [-0.39, 0.29) is 12.2 Å². The van der Waals surface area contributed by atoms with Crippen molar-refractivity contribution in [2.75, 3.05) is 11.4 Å². The molecule has 4 nitrogen and oxygen atoms in total. The lowest BCUT2D eigenvalue weighted by Gasteiger charge is -2.27. The summed E-state index contributed by atoms with van der Waals surface area (Å²) in [6.45, 7) is 3.49. The lowest BCUT2D eigenvalue weighted by atomic mass is 10.0. The van der Waals surface area contributed by atoms with Gasteiger partial charge in [-0.15, -0.1) is 0 Å². The van der Waals surface area contributed by atoms with Crippen molar-refractivity contribution in [3.05, 3.63) is 76.0 Å². The molecule has 0 saturated heterocycles. The van der Waals surface area contributed by atoms with Crippen LogP contribution in [0, 0.1) is 11.3 Å². The summed E-state index contributed by atoms with van der Waals surface area (Å²) in [4.78, 5) is 12.9. The average Bonchev–Trinajstić information content (AvgIpc) is 3.01. The Labute approximate surface area is 214 Å². The van der Waals surface area contributed by atoms with Gasteiger partial charge in [0.2, 0.25) is 5.76 Å². The second-order valence-corrected chi connectivity index (χ2v) is 9.44. The zero-order valence-electron chi connectivity index (χ0n) is 20.6. The van der Waals surface area contributed by atoms with Crippen molar-refractivity contribution >= 4 is 35.5 Å². The van der Waals surface area contributed by atoms with E-state index < -0.39 is 0 Å². The van der Waals surface area contributed by atoms with Crippen molar-refractivity contribution < 1.29 is 9.53 Å². The van der Waals surface area contributed by atoms with E-state index in [4.69, 9.17) is 16.9 Å². The standard InChI is InChI=1S/C30H35ClN2O2/c1-2-3-4-5-6-7-8-9-19-33-29-18-13-24(11-10-12-28(22-32)35-23-34)20-26(29)15-14-25-16-17-27(31)21-30(25)33/h10-13,16-18,20-21,23H,2-9,14-15,19H2,1H3/b11-10+,28-12-. The quantitative estimate of drug-likeness (QED) is 0.0930. The first-order chi connectivity index (χ1) is 17.2. The number of halogens is 1. The van der Waals surface area contributed by atoms with Gasteiger partial charge in [0, 0.05) is 22.9 Å². The number of nitrogens with zero attached hydrogens (tertiary/aromatic N) is 2. The van der Waals surface area contributed by atoms with Crippen LogP contribution in [0.4, 0.5) is 11.4 Å². The van der Waals surface area contributed by atoms with E-state index in [1.54, 1.807) is 6.08 Å². The maximum Gasteiger partial charge on any atom is 0.299 e. The molecule has 0 unspecified atom stereocenters. The molecule has 0 N–H and O–H groups in total. The predicted octanol–water partition coefficient (Wildman–Crippen LogP) is 8.31. The van der Waals surface area contributed by atoms with Gasteiger partial charge < -0.3 is 9.64 Å². The number of fused-ring (bicyclic) bond motifs is 2. The highest BCUT2D eigenvalue weighted by atomic mass is 35.5. The molecule has 0 bridgehead atoms. The highest BCUT2D eigenvalue weighted by Crippen LogP contribution is 2.38. The zero-order valence-corrected chi connectivity index (χ0v) is 21.4. The topological polar surface area (TPSA) is 53.3 Å². The Morgan fingerprint density at radius 3 is 2.49 bits per heavy atom. The fourth-order valence-electron chi connectivity index (χ4n) is 4.62. The van der Waals surface area contributed by atoms with Gasteiger partial charge in [-0.05, 0) is 66.3 Å². The molecule has 0 radical (unpaired) electrons. The predicted molar refractivity (Wildman–Crippen MR) is 145 cm³/mol. The third-order valence-electron chi connectivity index (χ3n) is 6.45. The minimum absolute atomic E-state index is 0.0325. The van der Waals surface area contributed by atoms with Crippen molar-refractivity contribution in [1.82, 2.24) is 0 Å². The smallest absolute Gasteiger partial charge is 0.299 e. The molecule has 0 aliphatic carbocycles. The summed E-state index contributed by atoms with van der Waals surface area (Å²) in [5, 5.41) is 9.75. The molecule has 0 saturated carbocycles. The van der Waals surface area contributed by atoms with Crippen LogP contribution in [-0.4, -0.2) is 13.0 Å². The number of nitriles is 1. The normalized spacial score (nSPS) is 13.2. The van der Waals surface area contributed by atoms with Crippen LogP contribution in [-0.2, 0) is 22.4 Å². The maximum absolute atomic E-state index is 10.5. The molecule has 0 aromatic heterocycles. The molecular formula is C30H35ClN2O2. The minimum Gasteiger partial charge on any atom is -0.417 e. The first-order valence-electron chi connectivity index (χ1n) is 12.7. The van der Waals surface area contributed by atoms with Gasteiger partial charge in [0.1, 0.15) is 6.07 Å². The molecule has 2 aromatic rings. The van der Waals surface area contributed by atoms with Gasteiger partial charge in [-0.25, -0.2) is 0 Å². The van der Waals surface area contributed by atoms with E-state index in [2.05, 4.69) is 46.9 Å². The van der Waals surface area contributed by atoms with Crippen molar-refractivity contribution in [3.63, 3.8) is 0 Å². The molecule has 1 aliphatic rings. The van der Waals surface area contributed by atoms with Crippen molar-refractivity contribution in [2.24, 2.45) is 0 Å². The summed E-state index contributed by atoms with van der Waals surface area (Å²) in [6.07, 6.45) is 17.4. The second kappa shape index (κ2) is 14.4. The van der Waals surface area contributed by atoms with Crippen LogP contribution >= 0.6 is 11.6 Å². The van der Waals surface area contributed by atoms with E-state index in [9.17, 15) is 4.79 Å². The Bertz CT molecular complexity index is 1080. The number of hydrogen-bond acceptors (Lipinski definition) is 4. The molecule has 3 rings (SSSR count). The van der Waals surface area contributed by atoms with Crippen LogP contribution < -0.4 is 4.90 Å². The highest BCUT2D eigenvalue weighted by molar-refractivity contribution is 6.30. The molecular weight excluding hydrogens is 456 g/mol. The van der Waals surface area contributed by atoms with Crippen molar-refractivity contribution in [3.8, 4) is 6.07 Å². The molecule has 1 heterocycles. The number of allylic oxidation sites excluding steroid dienone is 3. The Morgan fingerprint density at radius 2 is 1.74 bits per heavy atom. The summed E-state index contributed by atoms with van der Waals surface area (Å²) in [6, 6.07) is 14.6. The van der Waals surface area contributed by atoms with Crippen LogP contribution in [0.15, 0.2) is 54.3 Å². The van der Waals surface area contributed by atoms with Crippen LogP contribution in [0.25, 0.3) is 6.08 Å². The largest absolute Gasteiger partial charge is 0.417 e. The molecule has 184 valence electrons. The molecule has 0 fully saturated rings. The van der Waals surface area contributed by atoms with Crippen LogP contribution in [0.1, 0.15) is 75.0 Å². The summed E-state index contributed by atoms with van der Waals surface area (Å²) in [5.74, 6) is -0.0325. The van der Waals surface area contributed by atoms with Gasteiger partial charge in [-0.3, -0.25) is 4.79 Å². The molecule has 0 atom stereocenters. The lowest BCUT2D eigenvalue weighted by molar-refractivity contribution is -0.124. The molecule has 35 heavy (non-hydrogen) atoms. The van der Waals surface area contributed by atoms with Gasteiger partial charge in [-0.1, -0.05) is 87.8 Å². The van der Waals surface area contributed by atoms with Gasteiger partial charge in [-0.2, -0.15) is 5.26 Å². The number of rotatable bonds is 13. The minimum atomic E-state index is -0.0325. The van der Waals surface area contributed by atoms with Gasteiger partial charge in [0.05, 0.1) is 0 Å². The fourth-order valence-corrected chi connectivity index (χ4v) is 4.78. The number of anilines is 2. The Hall–Kier alpha value is -3.03. The highest BCUT2D eigenvalue weighted by Gasteiger charge is 2.21. The molecule has 0 spiro atoms. The monoisotopic (exact) mass is 490 g/mol. The molecule has 5 heteroatoms. The number of hydrogen-bond donors (Lipinski definition) is 0. The van der Waals surface area contributed by atoms with Crippen molar-refractivity contribution in [1.29, 1.82) is 5.26 Å². The number of unbranched alkanes of at least 4 members (excludes halogenated alkanes) is 7. The third-order valence-corrected chi connectivity index (χ3v) is 6.69. The van der Waals surface area contributed by atoms with Gasteiger partial charge >= 0.3 is 0 Å². The van der Waals surface area contributed by atoms with Crippen LogP contribution in [0.2, 0.25) is 5.02 Å². The SMILES string of the molecule is CCCCCCCCCCN1c2ccc(/C=C/C=C(/C#N)OC=O)cc2CCc2ccc(Cl)cc21. The number of benzene rings is 2. The summed E-state index contributed by atoms with van der Waals surface area (Å²) in [7, 11) is 0. The Balaban J connectivity index is 1.75. The maximum atomic E-state index is 10.5. The van der Waals surface area contributed by atoms with E-state index in [1.807, 2.05) is 18.2 Å². The van der Waals surface area contributed by atoms with Crippen LogP contribution in [0.5, 0.6) is 0 Å². The Kier molecular flexibility index (Phi) is 10.9. The van der Waals surface area contributed by atoms with E-state index in [0.717, 1.165) is 36.4 Å². The number of carbonyl (C=O) groups is 1. The second-order valence-electron chi connectivity index (χ2n) is 9.00. The Morgan fingerprint density at radius 1 is 1.00 bits per heavy atom. The lowest BCUT2D eigenvalue weighted by Crippen LogP contribution is -2.19. The summed E-state index contributed by atoms with van der Waals surface area (Å²) in [5.41, 5.74) is 6.13. The number of aryl methyl sites for hydroxylation is 2.